The summed E-state index contributed by atoms with van der Waals surface area (Å²) in [5.74, 6) is -0.350. The normalized spacial score (nSPS) is 11.7. The minimum atomic E-state index is -0.973. The van der Waals surface area contributed by atoms with E-state index in [0.29, 0.717) is 4.80 Å². The molecular formula is C18H12F2N2OS. The number of thiazole rings is 1. The Balaban J connectivity index is 2.21. The lowest BCUT2D eigenvalue weighted by molar-refractivity contribution is 0.0990. The molecule has 24 heavy (non-hydrogen) atoms. The molecule has 3 rings (SSSR count). The van der Waals surface area contributed by atoms with Crippen molar-refractivity contribution in [2.75, 3.05) is 0 Å². The van der Waals surface area contributed by atoms with Gasteiger partial charge in [-0.2, -0.15) is 4.99 Å². The van der Waals surface area contributed by atoms with Crippen molar-refractivity contribution in [2.45, 2.75) is 13.5 Å². The first kappa shape index (κ1) is 16.1. The van der Waals surface area contributed by atoms with Gasteiger partial charge in [0.1, 0.15) is 17.2 Å². The van der Waals surface area contributed by atoms with E-state index in [-0.39, 0.29) is 6.54 Å². The number of nitrogens with zero attached hydrogens (tertiary/aromatic N) is 2. The average molecular weight is 342 g/mol. The molecule has 0 bridgehead atoms. The Hall–Kier alpha value is -2.78. The van der Waals surface area contributed by atoms with Gasteiger partial charge in [0.2, 0.25) is 0 Å². The number of carbonyl (C=O) groups excluding carboxylic acids is 1. The van der Waals surface area contributed by atoms with E-state index in [1.807, 2.05) is 25.1 Å². The van der Waals surface area contributed by atoms with E-state index in [9.17, 15) is 13.6 Å². The lowest BCUT2D eigenvalue weighted by atomic mass is 10.2. The van der Waals surface area contributed by atoms with Crippen molar-refractivity contribution >= 4 is 27.5 Å². The van der Waals surface area contributed by atoms with Gasteiger partial charge in [-0.05, 0) is 36.8 Å². The van der Waals surface area contributed by atoms with Crippen LogP contribution in [0.1, 0.15) is 15.9 Å². The molecule has 0 aliphatic carbocycles. The van der Waals surface area contributed by atoms with Crippen LogP contribution in [-0.2, 0) is 6.54 Å². The second-order valence-corrected chi connectivity index (χ2v) is 6.17. The molecule has 2 aromatic carbocycles. The highest BCUT2D eigenvalue weighted by Gasteiger charge is 2.17. The second-order valence-electron chi connectivity index (χ2n) is 5.16. The summed E-state index contributed by atoms with van der Waals surface area (Å²) >= 11 is 1.25. The van der Waals surface area contributed by atoms with Crippen molar-refractivity contribution in [3.8, 4) is 12.3 Å². The summed E-state index contributed by atoms with van der Waals surface area (Å²) in [6, 6.07) is 8.99. The third-order valence-electron chi connectivity index (χ3n) is 3.46. The number of benzene rings is 2. The maximum atomic E-state index is 13.8. The Labute approximate surface area is 140 Å². The first-order chi connectivity index (χ1) is 11.5. The number of aromatic nitrogens is 1. The summed E-state index contributed by atoms with van der Waals surface area (Å²) in [7, 11) is 0. The van der Waals surface area contributed by atoms with Gasteiger partial charge < -0.3 is 4.57 Å². The third kappa shape index (κ3) is 2.86. The van der Waals surface area contributed by atoms with Crippen molar-refractivity contribution in [3.63, 3.8) is 0 Å². The highest BCUT2D eigenvalue weighted by Crippen LogP contribution is 2.19. The summed E-state index contributed by atoms with van der Waals surface area (Å²) in [4.78, 5) is 16.5. The number of rotatable bonds is 2. The van der Waals surface area contributed by atoms with Crippen LogP contribution >= 0.6 is 11.3 Å². The molecule has 0 fully saturated rings. The maximum Gasteiger partial charge on any atom is 0.285 e. The number of hydrogen-bond acceptors (Lipinski definition) is 2. The van der Waals surface area contributed by atoms with Crippen molar-refractivity contribution in [2.24, 2.45) is 4.99 Å². The summed E-state index contributed by atoms with van der Waals surface area (Å²) in [5.41, 5.74) is 1.21. The number of hydrogen-bond donors (Lipinski definition) is 0. The number of carbonyl (C=O) groups is 1. The van der Waals surface area contributed by atoms with Crippen LogP contribution in [0.3, 0.4) is 0 Å². The standard InChI is InChI=1S/C18H12F2N2OS/c1-3-9-22-14-8-7-11(2)10-15(14)24-18(22)21-17(23)16-12(19)5-4-6-13(16)20/h1,4-8,10H,9H2,2H3. The number of halogens is 2. The van der Waals surface area contributed by atoms with Crippen LogP contribution in [0.5, 0.6) is 0 Å². The van der Waals surface area contributed by atoms with Crippen LogP contribution in [-0.4, -0.2) is 10.5 Å². The molecule has 0 unspecified atom stereocenters. The smallest absolute Gasteiger partial charge is 0.285 e. The van der Waals surface area contributed by atoms with Crippen LogP contribution < -0.4 is 4.80 Å². The molecule has 3 nitrogen and oxygen atoms in total. The van der Waals surface area contributed by atoms with E-state index in [0.717, 1.165) is 27.9 Å². The Morgan fingerprint density at radius 2 is 2.00 bits per heavy atom. The predicted octanol–water partition coefficient (Wildman–Crippen LogP) is 3.66. The lowest BCUT2D eigenvalue weighted by Gasteiger charge is -2.01. The van der Waals surface area contributed by atoms with Crippen LogP contribution in [0.15, 0.2) is 41.4 Å². The molecule has 0 N–H and O–H groups in total. The Kier molecular flexibility index (Phi) is 4.28. The minimum Gasteiger partial charge on any atom is -0.305 e. The van der Waals surface area contributed by atoms with Gasteiger partial charge in [0.05, 0.1) is 16.8 Å². The van der Waals surface area contributed by atoms with E-state index in [1.54, 1.807) is 4.57 Å². The van der Waals surface area contributed by atoms with Gasteiger partial charge in [-0.1, -0.05) is 29.4 Å². The molecular weight excluding hydrogens is 330 g/mol. The zero-order chi connectivity index (χ0) is 17.3. The van der Waals surface area contributed by atoms with Gasteiger partial charge in [-0.25, -0.2) is 8.78 Å². The molecule has 120 valence electrons. The molecule has 0 saturated carbocycles. The van der Waals surface area contributed by atoms with Gasteiger partial charge in [0.25, 0.3) is 5.91 Å². The SMILES string of the molecule is C#CCn1c(=NC(=O)c2c(F)cccc2F)sc2cc(C)ccc21. The first-order valence-electron chi connectivity index (χ1n) is 7.08. The van der Waals surface area contributed by atoms with Crippen LogP contribution in [0.25, 0.3) is 10.2 Å². The van der Waals surface area contributed by atoms with E-state index >= 15 is 0 Å². The maximum absolute atomic E-state index is 13.8. The fourth-order valence-corrected chi connectivity index (χ4v) is 3.48. The quantitative estimate of drug-likeness (QED) is 0.655. The van der Waals surface area contributed by atoms with Gasteiger partial charge in [0.15, 0.2) is 4.80 Å². The van der Waals surface area contributed by atoms with E-state index in [1.165, 1.54) is 17.4 Å². The Morgan fingerprint density at radius 3 is 2.67 bits per heavy atom. The highest BCUT2D eigenvalue weighted by atomic mass is 32.1. The van der Waals surface area contributed by atoms with Gasteiger partial charge >= 0.3 is 0 Å². The topological polar surface area (TPSA) is 34.4 Å². The summed E-state index contributed by atoms with van der Waals surface area (Å²) < 4.78 is 30.1. The average Bonchev–Trinajstić information content (AvgIpc) is 2.84. The Bertz CT molecular complexity index is 1040. The first-order valence-corrected chi connectivity index (χ1v) is 7.89. The summed E-state index contributed by atoms with van der Waals surface area (Å²) in [6.45, 7) is 2.15. The minimum absolute atomic E-state index is 0.203. The molecule has 1 aromatic heterocycles. The molecule has 0 atom stereocenters. The molecule has 3 aromatic rings. The zero-order valence-electron chi connectivity index (χ0n) is 12.7. The molecule has 0 radical (unpaired) electrons. The number of terminal acetylenes is 1. The number of aryl methyl sites for hydroxylation is 1. The molecule has 0 spiro atoms. The highest BCUT2D eigenvalue weighted by molar-refractivity contribution is 7.16. The largest absolute Gasteiger partial charge is 0.305 e. The number of fused-ring (bicyclic) bond motifs is 1. The molecule has 0 saturated heterocycles. The van der Waals surface area contributed by atoms with E-state index in [2.05, 4.69) is 10.9 Å². The molecule has 0 aliphatic rings. The fraction of sp³-hybridized carbons (Fsp3) is 0.111. The summed E-state index contributed by atoms with van der Waals surface area (Å²) in [6.07, 6.45) is 5.39. The Morgan fingerprint density at radius 1 is 1.29 bits per heavy atom. The van der Waals surface area contributed by atoms with Gasteiger partial charge in [-0.15, -0.1) is 6.42 Å². The van der Waals surface area contributed by atoms with Gasteiger partial charge in [-0.3, -0.25) is 4.79 Å². The molecule has 1 heterocycles. The van der Waals surface area contributed by atoms with Crippen molar-refractivity contribution in [1.82, 2.24) is 4.57 Å². The second kappa shape index (κ2) is 6.38. The van der Waals surface area contributed by atoms with Crippen LogP contribution in [0, 0.1) is 30.9 Å². The molecule has 0 aliphatic heterocycles. The third-order valence-corrected chi connectivity index (χ3v) is 4.50. The number of amides is 1. The molecule has 1 amide bonds. The summed E-state index contributed by atoms with van der Waals surface area (Å²) in [5, 5.41) is 0. The predicted molar refractivity (Wildman–Crippen MR) is 89.6 cm³/mol. The van der Waals surface area contributed by atoms with Gasteiger partial charge in [0, 0.05) is 0 Å². The van der Waals surface area contributed by atoms with Crippen LogP contribution in [0.2, 0.25) is 0 Å². The van der Waals surface area contributed by atoms with Crippen molar-refractivity contribution in [3.05, 3.63) is 64.0 Å². The van der Waals surface area contributed by atoms with Crippen molar-refractivity contribution in [1.29, 1.82) is 0 Å². The van der Waals surface area contributed by atoms with Crippen molar-refractivity contribution < 1.29 is 13.6 Å². The van der Waals surface area contributed by atoms with E-state index in [4.69, 9.17) is 6.42 Å². The molecule has 6 heteroatoms. The lowest BCUT2D eigenvalue weighted by Crippen LogP contribution is -2.17. The monoisotopic (exact) mass is 342 g/mol. The van der Waals surface area contributed by atoms with Crippen LogP contribution in [0.4, 0.5) is 8.78 Å². The van der Waals surface area contributed by atoms with E-state index < -0.39 is 23.1 Å². The zero-order valence-corrected chi connectivity index (χ0v) is 13.5. The fourth-order valence-electron chi connectivity index (χ4n) is 2.35.